The summed E-state index contributed by atoms with van der Waals surface area (Å²) in [6.45, 7) is 2.55. The number of benzene rings is 1. The first-order valence-electron chi connectivity index (χ1n) is 6.72. The van der Waals surface area contributed by atoms with Crippen LogP contribution in [0, 0.1) is 0 Å². The third kappa shape index (κ3) is 2.93. The third-order valence-electron chi connectivity index (χ3n) is 3.42. The maximum Gasteiger partial charge on any atom is 0.255 e. The Morgan fingerprint density at radius 1 is 1.10 bits per heavy atom. The summed E-state index contributed by atoms with van der Waals surface area (Å²) in [4.78, 5) is 12.4. The van der Waals surface area contributed by atoms with Crippen molar-refractivity contribution in [2.45, 2.75) is 19.2 Å². The number of ether oxygens (including phenoxy) is 2. The molecule has 0 unspecified atom stereocenters. The van der Waals surface area contributed by atoms with Gasteiger partial charge >= 0.3 is 0 Å². The van der Waals surface area contributed by atoms with Crippen molar-refractivity contribution in [2.24, 2.45) is 0 Å². The van der Waals surface area contributed by atoms with Crippen molar-refractivity contribution < 1.29 is 9.47 Å². The van der Waals surface area contributed by atoms with Crippen LogP contribution in [0.15, 0.2) is 35.1 Å². The van der Waals surface area contributed by atoms with Gasteiger partial charge in [-0.05, 0) is 31.2 Å². The van der Waals surface area contributed by atoms with Crippen LogP contribution >= 0.6 is 12.6 Å². The zero-order chi connectivity index (χ0) is 15.4. The second-order valence-corrected chi connectivity index (χ2v) is 4.84. The Morgan fingerprint density at radius 3 is 2.38 bits per heavy atom. The largest absolute Gasteiger partial charge is 0.493 e. The third-order valence-corrected chi connectivity index (χ3v) is 3.76. The maximum atomic E-state index is 12.4. The quantitative estimate of drug-likeness (QED) is 0.863. The summed E-state index contributed by atoms with van der Waals surface area (Å²) in [5.41, 5.74) is 2.47. The number of rotatable bonds is 5. The van der Waals surface area contributed by atoms with Crippen molar-refractivity contribution in [1.29, 1.82) is 0 Å². The van der Waals surface area contributed by atoms with Gasteiger partial charge in [-0.15, -0.1) is 0 Å². The van der Waals surface area contributed by atoms with Gasteiger partial charge in [-0.2, -0.15) is 12.6 Å². The highest BCUT2D eigenvalue weighted by molar-refractivity contribution is 7.79. The molecule has 0 N–H and O–H groups in total. The van der Waals surface area contributed by atoms with E-state index in [2.05, 4.69) is 12.6 Å². The molecule has 112 valence electrons. The van der Waals surface area contributed by atoms with Crippen molar-refractivity contribution in [3.05, 3.63) is 46.2 Å². The molecular weight excluding hydrogens is 286 g/mol. The Labute approximate surface area is 129 Å². The van der Waals surface area contributed by atoms with Gasteiger partial charge < -0.3 is 14.0 Å². The summed E-state index contributed by atoms with van der Waals surface area (Å²) in [7, 11) is 3.19. The Bertz CT molecular complexity index is 694. The molecule has 0 saturated heterocycles. The van der Waals surface area contributed by atoms with Gasteiger partial charge in [-0.3, -0.25) is 4.79 Å². The van der Waals surface area contributed by atoms with Crippen molar-refractivity contribution in [1.82, 2.24) is 4.57 Å². The summed E-state index contributed by atoms with van der Waals surface area (Å²) < 4.78 is 12.3. The number of hydrogen-bond acceptors (Lipinski definition) is 4. The lowest BCUT2D eigenvalue weighted by Gasteiger charge is -2.14. The van der Waals surface area contributed by atoms with Gasteiger partial charge in [0.25, 0.3) is 5.56 Å². The van der Waals surface area contributed by atoms with Crippen LogP contribution in [0.4, 0.5) is 0 Å². The fourth-order valence-corrected chi connectivity index (χ4v) is 2.55. The molecule has 1 aromatic carbocycles. The van der Waals surface area contributed by atoms with Crippen LogP contribution in [-0.2, 0) is 12.3 Å². The molecule has 0 radical (unpaired) electrons. The fraction of sp³-hybridized carbons (Fsp3) is 0.312. The lowest BCUT2D eigenvalue weighted by molar-refractivity contribution is 0.355. The molecule has 0 aliphatic carbocycles. The number of thiol groups is 1. The van der Waals surface area contributed by atoms with E-state index in [9.17, 15) is 4.79 Å². The molecule has 5 heteroatoms. The molecule has 4 nitrogen and oxygen atoms in total. The molecule has 1 heterocycles. The highest BCUT2D eigenvalue weighted by atomic mass is 32.1. The Kier molecular flexibility index (Phi) is 4.96. The highest BCUT2D eigenvalue weighted by Crippen LogP contribution is 2.32. The number of methoxy groups -OCH3 is 2. The minimum atomic E-state index is -0.000199. The lowest BCUT2D eigenvalue weighted by atomic mass is 10.1. The van der Waals surface area contributed by atoms with Gasteiger partial charge in [0.05, 0.1) is 19.9 Å². The van der Waals surface area contributed by atoms with Crippen molar-refractivity contribution in [3.8, 4) is 22.8 Å². The summed E-state index contributed by atoms with van der Waals surface area (Å²) in [6.07, 6.45) is 0. The van der Waals surface area contributed by atoms with Crippen LogP contribution in [0.25, 0.3) is 11.3 Å². The normalized spacial score (nSPS) is 10.5. The molecule has 0 amide bonds. The van der Waals surface area contributed by atoms with Crippen LogP contribution in [0.1, 0.15) is 12.5 Å². The lowest BCUT2D eigenvalue weighted by Crippen LogP contribution is -2.23. The van der Waals surface area contributed by atoms with E-state index in [0.29, 0.717) is 29.4 Å². The van der Waals surface area contributed by atoms with E-state index in [0.717, 1.165) is 11.3 Å². The Balaban J connectivity index is 2.62. The topological polar surface area (TPSA) is 40.5 Å². The predicted molar refractivity (Wildman–Crippen MR) is 87.6 cm³/mol. The predicted octanol–water partition coefficient (Wildman–Crippen LogP) is 2.98. The number of pyridine rings is 1. The van der Waals surface area contributed by atoms with Gasteiger partial charge in [-0.25, -0.2) is 0 Å². The molecule has 2 aromatic rings. The van der Waals surface area contributed by atoms with Gasteiger partial charge in [0.15, 0.2) is 11.5 Å². The van der Waals surface area contributed by atoms with E-state index in [1.165, 1.54) is 0 Å². The first-order valence-corrected chi connectivity index (χ1v) is 7.35. The van der Waals surface area contributed by atoms with E-state index in [1.54, 1.807) is 18.8 Å². The van der Waals surface area contributed by atoms with E-state index in [-0.39, 0.29) is 5.56 Å². The molecule has 2 rings (SSSR count). The molecule has 0 bridgehead atoms. The van der Waals surface area contributed by atoms with E-state index < -0.39 is 0 Å². The first kappa shape index (κ1) is 15.5. The summed E-state index contributed by atoms with van der Waals surface area (Å²) >= 11 is 4.20. The van der Waals surface area contributed by atoms with Gasteiger partial charge in [-0.1, -0.05) is 6.07 Å². The van der Waals surface area contributed by atoms with Crippen molar-refractivity contribution in [2.75, 3.05) is 14.2 Å². The van der Waals surface area contributed by atoms with Gasteiger partial charge in [0.1, 0.15) is 0 Å². The molecule has 0 spiro atoms. The van der Waals surface area contributed by atoms with Crippen molar-refractivity contribution >= 4 is 12.6 Å². The molecule has 0 fully saturated rings. The Morgan fingerprint density at radius 2 is 1.81 bits per heavy atom. The SMILES string of the molecule is CCn1c(-c2ccc(OC)c(OC)c2)ccc(CS)c1=O. The number of aromatic nitrogens is 1. The monoisotopic (exact) mass is 305 g/mol. The molecule has 21 heavy (non-hydrogen) atoms. The smallest absolute Gasteiger partial charge is 0.255 e. The molecular formula is C16H19NO3S. The minimum Gasteiger partial charge on any atom is -0.493 e. The second-order valence-electron chi connectivity index (χ2n) is 4.52. The average Bonchev–Trinajstić information content (AvgIpc) is 2.53. The molecule has 1 aromatic heterocycles. The average molecular weight is 305 g/mol. The van der Waals surface area contributed by atoms with Crippen LogP contribution in [-0.4, -0.2) is 18.8 Å². The van der Waals surface area contributed by atoms with Crippen LogP contribution in [0.2, 0.25) is 0 Å². The zero-order valence-electron chi connectivity index (χ0n) is 12.4. The number of nitrogens with zero attached hydrogens (tertiary/aromatic N) is 1. The van der Waals surface area contributed by atoms with Crippen LogP contribution < -0.4 is 15.0 Å². The molecule has 0 atom stereocenters. The Hall–Kier alpha value is -1.88. The van der Waals surface area contributed by atoms with Crippen LogP contribution in [0.5, 0.6) is 11.5 Å². The summed E-state index contributed by atoms with van der Waals surface area (Å²) in [6, 6.07) is 9.40. The van der Waals surface area contributed by atoms with Crippen LogP contribution in [0.3, 0.4) is 0 Å². The summed E-state index contributed by atoms with van der Waals surface area (Å²) in [5.74, 6) is 1.74. The maximum absolute atomic E-state index is 12.4. The summed E-state index contributed by atoms with van der Waals surface area (Å²) in [5, 5.41) is 0. The van der Waals surface area contributed by atoms with Gasteiger partial charge in [0, 0.05) is 23.4 Å². The van der Waals surface area contributed by atoms with E-state index >= 15 is 0 Å². The zero-order valence-corrected chi connectivity index (χ0v) is 13.3. The standard InChI is InChI=1S/C16H19NO3S/c1-4-17-13(7-5-12(10-21)16(17)18)11-6-8-14(19-2)15(9-11)20-3/h5-9,21H,4,10H2,1-3H3. The minimum absolute atomic E-state index is 0.000199. The van der Waals surface area contributed by atoms with Crippen molar-refractivity contribution in [3.63, 3.8) is 0 Å². The number of hydrogen-bond donors (Lipinski definition) is 1. The second kappa shape index (κ2) is 6.72. The van der Waals surface area contributed by atoms with Gasteiger partial charge in [0.2, 0.25) is 0 Å². The molecule has 0 aliphatic heterocycles. The molecule has 0 saturated carbocycles. The van der Waals surface area contributed by atoms with E-state index in [4.69, 9.17) is 9.47 Å². The fourth-order valence-electron chi connectivity index (χ4n) is 2.31. The van der Waals surface area contributed by atoms with E-state index in [1.807, 2.05) is 37.3 Å². The molecule has 0 aliphatic rings. The highest BCUT2D eigenvalue weighted by Gasteiger charge is 2.11. The first-order chi connectivity index (χ1) is 10.2.